The summed E-state index contributed by atoms with van der Waals surface area (Å²) >= 11 is 0. The standard InChI is InChI=1S/C15H21N5O/c1-2-4-13-18-15(21-19-13)12-5-6-14(17-11-12)20-9-3-7-16-8-10-20/h5-6,11,16H,2-4,7-10H2,1H3. The second-order valence-corrected chi connectivity index (χ2v) is 5.26. The van der Waals surface area contributed by atoms with E-state index in [1.807, 2.05) is 18.3 Å². The van der Waals surface area contributed by atoms with Gasteiger partial charge in [-0.25, -0.2) is 4.98 Å². The molecule has 6 heteroatoms. The van der Waals surface area contributed by atoms with Gasteiger partial charge in [-0.15, -0.1) is 0 Å². The van der Waals surface area contributed by atoms with Gasteiger partial charge >= 0.3 is 0 Å². The molecule has 2 aromatic heterocycles. The van der Waals surface area contributed by atoms with Gasteiger partial charge < -0.3 is 14.7 Å². The van der Waals surface area contributed by atoms with E-state index in [1.54, 1.807) is 0 Å². The molecular formula is C15H21N5O. The van der Waals surface area contributed by atoms with Crippen molar-refractivity contribution in [2.75, 3.05) is 31.1 Å². The predicted octanol–water partition coefficient (Wildman–Crippen LogP) is 1.88. The summed E-state index contributed by atoms with van der Waals surface area (Å²) in [4.78, 5) is 11.2. The Morgan fingerprint density at radius 2 is 2.24 bits per heavy atom. The molecule has 1 saturated heterocycles. The van der Waals surface area contributed by atoms with E-state index in [0.717, 1.165) is 62.6 Å². The van der Waals surface area contributed by atoms with Crippen molar-refractivity contribution in [3.63, 3.8) is 0 Å². The summed E-state index contributed by atoms with van der Waals surface area (Å²) in [5.41, 5.74) is 0.876. The van der Waals surface area contributed by atoms with Crippen molar-refractivity contribution < 1.29 is 4.52 Å². The topological polar surface area (TPSA) is 67.1 Å². The van der Waals surface area contributed by atoms with Crippen LogP contribution in [0.4, 0.5) is 5.82 Å². The first kappa shape index (κ1) is 14.0. The highest BCUT2D eigenvalue weighted by Gasteiger charge is 2.12. The van der Waals surface area contributed by atoms with Crippen molar-refractivity contribution in [2.24, 2.45) is 0 Å². The van der Waals surface area contributed by atoms with Gasteiger partial charge in [0.2, 0.25) is 0 Å². The van der Waals surface area contributed by atoms with E-state index in [-0.39, 0.29) is 0 Å². The number of rotatable bonds is 4. The third-order valence-corrected chi connectivity index (χ3v) is 3.60. The molecule has 0 radical (unpaired) electrons. The first-order chi connectivity index (χ1) is 10.4. The fourth-order valence-electron chi connectivity index (χ4n) is 2.47. The maximum Gasteiger partial charge on any atom is 0.259 e. The van der Waals surface area contributed by atoms with Gasteiger partial charge in [0.1, 0.15) is 5.82 Å². The van der Waals surface area contributed by atoms with Crippen LogP contribution in [0, 0.1) is 0 Å². The monoisotopic (exact) mass is 287 g/mol. The first-order valence-electron chi connectivity index (χ1n) is 7.61. The van der Waals surface area contributed by atoms with E-state index in [2.05, 4.69) is 32.3 Å². The molecule has 1 fully saturated rings. The van der Waals surface area contributed by atoms with Crippen LogP contribution in [0.25, 0.3) is 11.5 Å². The normalized spacial score (nSPS) is 16.0. The van der Waals surface area contributed by atoms with Gasteiger partial charge in [-0.2, -0.15) is 4.98 Å². The molecule has 0 saturated carbocycles. The summed E-state index contributed by atoms with van der Waals surface area (Å²) in [5.74, 6) is 2.32. The molecule has 3 heterocycles. The van der Waals surface area contributed by atoms with Crippen LogP contribution in [0.2, 0.25) is 0 Å². The van der Waals surface area contributed by atoms with Crippen molar-refractivity contribution in [1.29, 1.82) is 0 Å². The molecule has 0 spiro atoms. The Morgan fingerprint density at radius 1 is 1.29 bits per heavy atom. The van der Waals surface area contributed by atoms with Crippen LogP contribution in [0.1, 0.15) is 25.6 Å². The Kier molecular flexibility index (Phi) is 4.45. The Labute approximate surface area is 124 Å². The number of nitrogens with zero attached hydrogens (tertiary/aromatic N) is 4. The van der Waals surface area contributed by atoms with Gasteiger partial charge in [0.05, 0.1) is 5.56 Å². The maximum absolute atomic E-state index is 5.28. The number of hydrogen-bond acceptors (Lipinski definition) is 6. The summed E-state index contributed by atoms with van der Waals surface area (Å²) < 4.78 is 5.28. The van der Waals surface area contributed by atoms with Crippen LogP contribution in [0.3, 0.4) is 0 Å². The van der Waals surface area contributed by atoms with Crippen molar-refractivity contribution >= 4 is 5.82 Å². The molecule has 0 aliphatic carbocycles. The molecule has 0 amide bonds. The smallest absolute Gasteiger partial charge is 0.259 e. The lowest BCUT2D eigenvalue weighted by atomic mass is 10.2. The molecule has 0 aromatic carbocycles. The molecule has 1 aliphatic rings. The third kappa shape index (κ3) is 3.39. The average molecular weight is 287 g/mol. The minimum absolute atomic E-state index is 0.551. The average Bonchev–Trinajstić information content (AvgIpc) is 2.82. The van der Waals surface area contributed by atoms with Gasteiger partial charge in [0, 0.05) is 32.3 Å². The summed E-state index contributed by atoms with van der Waals surface area (Å²) in [6.45, 7) is 6.22. The number of nitrogens with one attached hydrogen (secondary N) is 1. The fraction of sp³-hybridized carbons (Fsp3) is 0.533. The number of aromatic nitrogens is 3. The largest absolute Gasteiger partial charge is 0.355 e. The molecule has 21 heavy (non-hydrogen) atoms. The Hall–Kier alpha value is -1.95. The summed E-state index contributed by atoms with van der Waals surface area (Å²) in [7, 11) is 0. The van der Waals surface area contributed by atoms with Crippen LogP contribution in [-0.2, 0) is 6.42 Å². The SMILES string of the molecule is CCCc1noc(-c2ccc(N3CCCNCC3)nc2)n1. The zero-order valence-corrected chi connectivity index (χ0v) is 12.4. The van der Waals surface area contributed by atoms with Gasteiger partial charge in [-0.3, -0.25) is 0 Å². The van der Waals surface area contributed by atoms with Crippen molar-refractivity contribution in [2.45, 2.75) is 26.2 Å². The highest BCUT2D eigenvalue weighted by molar-refractivity contribution is 5.54. The summed E-state index contributed by atoms with van der Waals surface area (Å²) in [6, 6.07) is 4.04. The van der Waals surface area contributed by atoms with Crippen LogP contribution >= 0.6 is 0 Å². The Bertz CT molecular complexity index is 558. The summed E-state index contributed by atoms with van der Waals surface area (Å²) in [6.07, 6.45) is 4.82. The highest BCUT2D eigenvalue weighted by atomic mass is 16.5. The first-order valence-corrected chi connectivity index (χ1v) is 7.61. The van der Waals surface area contributed by atoms with E-state index in [1.165, 1.54) is 0 Å². The number of anilines is 1. The van der Waals surface area contributed by atoms with Crippen LogP contribution in [-0.4, -0.2) is 41.3 Å². The predicted molar refractivity (Wildman–Crippen MR) is 81.2 cm³/mol. The summed E-state index contributed by atoms with van der Waals surface area (Å²) in [5, 5.41) is 7.37. The zero-order valence-electron chi connectivity index (χ0n) is 12.4. The zero-order chi connectivity index (χ0) is 14.5. The lowest BCUT2D eigenvalue weighted by Crippen LogP contribution is -2.28. The van der Waals surface area contributed by atoms with Gasteiger partial charge in [0.15, 0.2) is 5.82 Å². The molecular weight excluding hydrogens is 266 g/mol. The second-order valence-electron chi connectivity index (χ2n) is 5.26. The van der Waals surface area contributed by atoms with E-state index < -0.39 is 0 Å². The van der Waals surface area contributed by atoms with Crippen LogP contribution < -0.4 is 10.2 Å². The van der Waals surface area contributed by atoms with Gasteiger partial charge in [-0.1, -0.05) is 12.1 Å². The minimum Gasteiger partial charge on any atom is -0.355 e. The Balaban J connectivity index is 1.73. The van der Waals surface area contributed by atoms with Crippen LogP contribution in [0.15, 0.2) is 22.9 Å². The molecule has 112 valence electrons. The number of pyridine rings is 1. The Morgan fingerprint density at radius 3 is 3.05 bits per heavy atom. The molecule has 1 N–H and O–H groups in total. The van der Waals surface area contributed by atoms with Gasteiger partial charge in [0.25, 0.3) is 5.89 Å². The molecule has 2 aromatic rings. The number of hydrogen-bond donors (Lipinski definition) is 1. The quantitative estimate of drug-likeness (QED) is 0.926. The molecule has 0 bridgehead atoms. The fourth-order valence-corrected chi connectivity index (χ4v) is 2.47. The van der Waals surface area contributed by atoms with E-state index in [0.29, 0.717) is 5.89 Å². The van der Waals surface area contributed by atoms with Crippen molar-refractivity contribution in [3.8, 4) is 11.5 Å². The van der Waals surface area contributed by atoms with Crippen molar-refractivity contribution in [3.05, 3.63) is 24.2 Å². The highest BCUT2D eigenvalue weighted by Crippen LogP contribution is 2.20. The van der Waals surface area contributed by atoms with E-state index in [9.17, 15) is 0 Å². The molecule has 0 atom stereocenters. The second kappa shape index (κ2) is 6.67. The molecule has 3 rings (SSSR count). The van der Waals surface area contributed by atoms with E-state index >= 15 is 0 Å². The molecule has 6 nitrogen and oxygen atoms in total. The third-order valence-electron chi connectivity index (χ3n) is 3.60. The lowest BCUT2D eigenvalue weighted by Gasteiger charge is -2.20. The minimum atomic E-state index is 0.551. The molecule has 1 aliphatic heterocycles. The lowest BCUT2D eigenvalue weighted by molar-refractivity contribution is 0.422. The van der Waals surface area contributed by atoms with E-state index in [4.69, 9.17) is 4.52 Å². The van der Waals surface area contributed by atoms with Crippen molar-refractivity contribution in [1.82, 2.24) is 20.4 Å². The maximum atomic E-state index is 5.28. The van der Waals surface area contributed by atoms with Gasteiger partial charge in [-0.05, 0) is 31.5 Å². The van der Waals surface area contributed by atoms with Crippen LogP contribution in [0.5, 0.6) is 0 Å². The number of aryl methyl sites for hydroxylation is 1. The molecule has 0 unspecified atom stereocenters.